The van der Waals surface area contributed by atoms with Crippen molar-refractivity contribution in [1.29, 1.82) is 0 Å². The molecule has 1 aromatic heterocycles. The lowest BCUT2D eigenvalue weighted by molar-refractivity contribution is 0.0315. The molecule has 1 aliphatic heterocycles. The highest BCUT2D eigenvalue weighted by molar-refractivity contribution is 7.99. The summed E-state index contributed by atoms with van der Waals surface area (Å²) in [5, 5.41) is 10.0. The average molecular weight is 438 g/mol. The van der Waals surface area contributed by atoms with Crippen LogP contribution in [0, 0.1) is 0 Å². The third-order valence-corrected chi connectivity index (χ3v) is 6.71. The van der Waals surface area contributed by atoms with Gasteiger partial charge in [0.05, 0.1) is 13.2 Å². The van der Waals surface area contributed by atoms with E-state index in [1.54, 1.807) is 18.9 Å². The van der Waals surface area contributed by atoms with E-state index < -0.39 is 0 Å². The van der Waals surface area contributed by atoms with Crippen LogP contribution >= 0.6 is 11.8 Å². The molecule has 0 saturated carbocycles. The van der Waals surface area contributed by atoms with Crippen LogP contribution in [0.3, 0.4) is 0 Å². The monoisotopic (exact) mass is 437 g/mol. The third-order valence-electron chi connectivity index (χ3n) is 5.65. The van der Waals surface area contributed by atoms with Crippen LogP contribution < -0.4 is 4.74 Å². The number of hydrogen-bond donors (Lipinski definition) is 0. The molecule has 1 saturated heterocycles. The van der Waals surface area contributed by atoms with Gasteiger partial charge in [0.1, 0.15) is 5.75 Å². The molecule has 0 spiro atoms. The maximum Gasteiger partial charge on any atom is 0.196 e. The van der Waals surface area contributed by atoms with Crippen LogP contribution in [0.15, 0.2) is 53.7 Å². The summed E-state index contributed by atoms with van der Waals surface area (Å²) in [6.07, 6.45) is 3.80. The normalized spacial score (nSPS) is 17.0. The SMILES string of the molecule is COc1ccc(-n2c(SCC3CCCCO3)nnc2-c2ccc(C(C)(C)C)cc2)cc1. The van der Waals surface area contributed by atoms with Gasteiger partial charge in [0.2, 0.25) is 0 Å². The molecule has 3 aromatic rings. The second-order valence-electron chi connectivity index (χ2n) is 8.97. The van der Waals surface area contributed by atoms with E-state index in [0.717, 1.165) is 53.2 Å². The number of nitrogens with zero attached hydrogens (tertiary/aromatic N) is 3. The predicted octanol–water partition coefficient (Wildman–Crippen LogP) is 5.90. The Morgan fingerprint density at radius 1 is 1.03 bits per heavy atom. The van der Waals surface area contributed by atoms with Crippen LogP contribution in [0.1, 0.15) is 45.6 Å². The molecule has 1 fully saturated rings. The lowest BCUT2D eigenvalue weighted by atomic mass is 9.87. The highest BCUT2D eigenvalue weighted by Crippen LogP contribution is 2.31. The van der Waals surface area contributed by atoms with Gasteiger partial charge in [0.25, 0.3) is 0 Å². The molecule has 0 aliphatic carbocycles. The molecular formula is C25H31N3O2S. The summed E-state index contributed by atoms with van der Waals surface area (Å²) in [5.41, 5.74) is 3.49. The van der Waals surface area contributed by atoms with Crippen LogP contribution in [0.4, 0.5) is 0 Å². The fourth-order valence-electron chi connectivity index (χ4n) is 3.74. The summed E-state index contributed by atoms with van der Waals surface area (Å²) in [7, 11) is 1.68. The first-order valence-electron chi connectivity index (χ1n) is 10.9. The van der Waals surface area contributed by atoms with Gasteiger partial charge in [-0.2, -0.15) is 0 Å². The minimum Gasteiger partial charge on any atom is -0.497 e. The summed E-state index contributed by atoms with van der Waals surface area (Å²) in [6.45, 7) is 7.54. The molecule has 0 N–H and O–H groups in total. The minimum atomic E-state index is 0.114. The van der Waals surface area contributed by atoms with Gasteiger partial charge in [-0.15, -0.1) is 10.2 Å². The van der Waals surface area contributed by atoms with Gasteiger partial charge >= 0.3 is 0 Å². The first-order valence-corrected chi connectivity index (χ1v) is 11.9. The fraction of sp³-hybridized carbons (Fsp3) is 0.440. The van der Waals surface area contributed by atoms with E-state index in [9.17, 15) is 0 Å². The topological polar surface area (TPSA) is 49.2 Å². The van der Waals surface area contributed by atoms with Gasteiger partial charge in [0.15, 0.2) is 11.0 Å². The van der Waals surface area contributed by atoms with Crippen molar-refractivity contribution in [1.82, 2.24) is 14.8 Å². The van der Waals surface area contributed by atoms with Crippen LogP contribution in [0.25, 0.3) is 17.1 Å². The zero-order valence-electron chi connectivity index (χ0n) is 18.8. The molecule has 2 aromatic carbocycles. The van der Waals surface area contributed by atoms with Crippen LogP contribution in [-0.2, 0) is 10.2 Å². The maximum atomic E-state index is 5.92. The summed E-state index contributed by atoms with van der Waals surface area (Å²) in [5.74, 6) is 2.56. The Bertz CT molecular complexity index is 985. The molecule has 5 nitrogen and oxygen atoms in total. The summed E-state index contributed by atoms with van der Waals surface area (Å²) >= 11 is 1.71. The zero-order chi connectivity index (χ0) is 21.8. The summed E-state index contributed by atoms with van der Waals surface area (Å²) in [4.78, 5) is 0. The van der Waals surface area contributed by atoms with Gasteiger partial charge in [0, 0.05) is 23.6 Å². The zero-order valence-corrected chi connectivity index (χ0v) is 19.6. The molecule has 0 bridgehead atoms. The van der Waals surface area contributed by atoms with Gasteiger partial charge in [-0.1, -0.05) is 56.8 Å². The van der Waals surface area contributed by atoms with Crippen molar-refractivity contribution in [3.63, 3.8) is 0 Å². The van der Waals surface area contributed by atoms with Crippen molar-refractivity contribution in [2.75, 3.05) is 19.5 Å². The Morgan fingerprint density at radius 2 is 1.77 bits per heavy atom. The second-order valence-corrected chi connectivity index (χ2v) is 9.95. The highest BCUT2D eigenvalue weighted by atomic mass is 32.2. The van der Waals surface area contributed by atoms with Crippen molar-refractivity contribution >= 4 is 11.8 Å². The van der Waals surface area contributed by atoms with Crippen molar-refractivity contribution in [2.24, 2.45) is 0 Å². The molecular weight excluding hydrogens is 406 g/mol. The van der Waals surface area contributed by atoms with E-state index in [0.29, 0.717) is 0 Å². The Hall–Kier alpha value is -2.31. The van der Waals surface area contributed by atoms with Gasteiger partial charge in [-0.3, -0.25) is 4.57 Å². The molecule has 164 valence electrons. The van der Waals surface area contributed by atoms with E-state index in [-0.39, 0.29) is 11.5 Å². The first kappa shape index (κ1) is 21.9. The number of ether oxygens (including phenoxy) is 2. The number of hydrogen-bond acceptors (Lipinski definition) is 5. The summed E-state index contributed by atoms with van der Waals surface area (Å²) in [6, 6.07) is 16.7. The summed E-state index contributed by atoms with van der Waals surface area (Å²) < 4.78 is 13.4. The number of benzene rings is 2. The molecule has 31 heavy (non-hydrogen) atoms. The maximum absolute atomic E-state index is 5.92. The van der Waals surface area contributed by atoms with Crippen LogP contribution in [-0.4, -0.2) is 40.3 Å². The molecule has 4 rings (SSSR count). The Balaban J connectivity index is 1.67. The van der Waals surface area contributed by atoms with Gasteiger partial charge in [-0.05, 0) is 54.5 Å². The van der Waals surface area contributed by atoms with Crippen LogP contribution in [0.2, 0.25) is 0 Å². The van der Waals surface area contributed by atoms with E-state index >= 15 is 0 Å². The van der Waals surface area contributed by atoms with Crippen molar-refractivity contribution in [2.45, 2.75) is 56.7 Å². The van der Waals surface area contributed by atoms with Crippen molar-refractivity contribution < 1.29 is 9.47 Å². The Labute approximate surface area is 189 Å². The van der Waals surface area contributed by atoms with E-state index in [4.69, 9.17) is 9.47 Å². The van der Waals surface area contributed by atoms with E-state index in [1.807, 2.05) is 12.1 Å². The van der Waals surface area contributed by atoms with Crippen molar-refractivity contribution in [3.8, 4) is 22.8 Å². The smallest absolute Gasteiger partial charge is 0.196 e. The quantitative estimate of drug-likeness (QED) is 0.449. The number of methoxy groups -OCH3 is 1. The van der Waals surface area contributed by atoms with Gasteiger partial charge in [-0.25, -0.2) is 0 Å². The Morgan fingerprint density at radius 3 is 2.39 bits per heavy atom. The van der Waals surface area contributed by atoms with E-state index in [2.05, 4.69) is 71.9 Å². The highest BCUT2D eigenvalue weighted by Gasteiger charge is 2.20. The average Bonchev–Trinajstić information content (AvgIpc) is 3.22. The lowest BCUT2D eigenvalue weighted by Crippen LogP contribution is -2.21. The molecule has 1 atom stereocenters. The number of thioether (sulfide) groups is 1. The molecule has 2 heterocycles. The lowest BCUT2D eigenvalue weighted by Gasteiger charge is -2.22. The van der Waals surface area contributed by atoms with Crippen molar-refractivity contribution in [3.05, 3.63) is 54.1 Å². The minimum absolute atomic E-state index is 0.114. The largest absolute Gasteiger partial charge is 0.497 e. The number of aromatic nitrogens is 3. The molecule has 1 unspecified atom stereocenters. The van der Waals surface area contributed by atoms with Gasteiger partial charge < -0.3 is 9.47 Å². The molecule has 0 radical (unpaired) electrons. The Kier molecular flexibility index (Phi) is 6.68. The standard InChI is InChI=1S/C25H31N3O2S/c1-25(2,3)19-10-8-18(9-11-19)23-26-27-24(31-17-22-7-5-6-16-30-22)28(23)20-12-14-21(29-4)15-13-20/h8-15,22H,5-7,16-17H2,1-4H3. The van der Waals surface area contributed by atoms with Crippen LogP contribution in [0.5, 0.6) is 5.75 Å². The fourth-order valence-corrected chi connectivity index (χ4v) is 4.76. The second kappa shape index (κ2) is 9.45. The van der Waals surface area contributed by atoms with E-state index in [1.165, 1.54) is 12.0 Å². The number of rotatable bonds is 6. The third kappa shape index (κ3) is 5.13. The molecule has 1 aliphatic rings. The first-order chi connectivity index (χ1) is 15.0. The molecule has 0 amide bonds. The molecule has 6 heteroatoms. The predicted molar refractivity (Wildman–Crippen MR) is 126 cm³/mol.